The summed E-state index contributed by atoms with van der Waals surface area (Å²) in [7, 11) is -1.81. The summed E-state index contributed by atoms with van der Waals surface area (Å²) in [5, 5.41) is 0. The van der Waals surface area contributed by atoms with Crippen LogP contribution in [0.3, 0.4) is 0 Å². The largest absolute Gasteiger partial charge is 0.424 e. The second-order valence-electron chi connectivity index (χ2n) is 3.94. The van der Waals surface area contributed by atoms with Gasteiger partial charge in [-0.2, -0.15) is 12.7 Å². The Kier molecular flexibility index (Phi) is 5.51. The molecule has 0 aliphatic heterocycles. The molecule has 0 bridgehead atoms. The predicted molar refractivity (Wildman–Crippen MR) is 79.8 cm³/mol. The van der Waals surface area contributed by atoms with Crippen LogP contribution in [0.15, 0.2) is 24.3 Å². The van der Waals surface area contributed by atoms with Gasteiger partial charge < -0.3 is 0 Å². The third-order valence-electron chi connectivity index (χ3n) is 2.32. The summed E-state index contributed by atoms with van der Waals surface area (Å²) in [6.45, 7) is 1.82. The summed E-state index contributed by atoms with van der Waals surface area (Å²) in [4.78, 5) is 0. The van der Waals surface area contributed by atoms with E-state index in [1.807, 2.05) is 6.92 Å². The van der Waals surface area contributed by atoms with E-state index in [0.29, 0.717) is 0 Å². The maximum atomic E-state index is 15.0. The van der Waals surface area contributed by atoms with E-state index in [2.05, 4.69) is 0 Å². The lowest BCUT2D eigenvalue weighted by molar-refractivity contribution is 0.258. The fourth-order valence-electron chi connectivity index (χ4n) is 1.28. The van der Waals surface area contributed by atoms with Gasteiger partial charge in [0.05, 0.1) is 3.52 Å². The summed E-state index contributed by atoms with van der Waals surface area (Å²) in [6.07, 6.45) is 0. The zero-order valence-corrected chi connectivity index (χ0v) is 13.7. The van der Waals surface area contributed by atoms with Gasteiger partial charge in [0.1, 0.15) is 0 Å². The zero-order chi connectivity index (χ0) is 14.8. The monoisotopic (exact) mass is 347 g/mol. The van der Waals surface area contributed by atoms with Crippen molar-refractivity contribution in [3.63, 3.8) is 0 Å². The standard InChI is InChI=1S/C10H14Cl2FN2O2S2/c1-8-4-6-9(7-5-8)15(13,18-10(11)12)19(16,17)14(2)3/h4-7,10H,1-3H3/q+1. The molecule has 0 radical (unpaired) electrons. The van der Waals surface area contributed by atoms with Crippen LogP contribution in [0.25, 0.3) is 0 Å². The highest BCUT2D eigenvalue weighted by molar-refractivity contribution is 8.12. The van der Waals surface area contributed by atoms with Crippen LogP contribution in [0.2, 0.25) is 0 Å². The molecule has 0 saturated heterocycles. The SMILES string of the molecule is Cc1ccc([N+](F)(SC(Cl)Cl)S(=O)(=O)N(C)C)cc1. The maximum absolute atomic E-state index is 15.0. The maximum Gasteiger partial charge on any atom is 0.424 e. The van der Waals surface area contributed by atoms with Gasteiger partial charge in [-0.15, -0.1) is 0 Å². The molecule has 1 atom stereocenters. The lowest BCUT2D eigenvalue weighted by atomic mass is 10.2. The summed E-state index contributed by atoms with van der Waals surface area (Å²) >= 11 is 11.4. The Morgan fingerprint density at radius 1 is 1.26 bits per heavy atom. The molecule has 0 aliphatic carbocycles. The Hall–Kier alpha value is -0.0500. The van der Waals surface area contributed by atoms with Gasteiger partial charge in [0, 0.05) is 30.7 Å². The molecule has 4 nitrogen and oxygen atoms in total. The van der Waals surface area contributed by atoms with E-state index < -0.39 is 17.9 Å². The van der Waals surface area contributed by atoms with Crippen LogP contribution < -0.4 is 3.52 Å². The Morgan fingerprint density at radius 3 is 2.11 bits per heavy atom. The number of hydrogen-bond donors (Lipinski definition) is 0. The number of rotatable bonds is 5. The average molecular weight is 348 g/mol. The minimum Gasteiger partial charge on any atom is -0.157 e. The highest BCUT2D eigenvalue weighted by atomic mass is 35.5. The van der Waals surface area contributed by atoms with Crippen LogP contribution in [0, 0.1) is 6.92 Å². The number of nitrogens with zero attached hydrogens (tertiary/aromatic N) is 2. The molecule has 0 aromatic heterocycles. The Bertz CT molecular complexity index is 537. The van der Waals surface area contributed by atoms with E-state index in [1.54, 1.807) is 12.1 Å². The molecule has 1 rings (SSSR count). The van der Waals surface area contributed by atoms with Crippen molar-refractivity contribution in [3.05, 3.63) is 29.8 Å². The van der Waals surface area contributed by atoms with Crippen LogP contribution in [0.1, 0.15) is 5.56 Å². The molecule has 1 aromatic rings. The predicted octanol–water partition coefficient (Wildman–Crippen LogP) is 3.40. The smallest absolute Gasteiger partial charge is 0.157 e. The molecule has 108 valence electrons. The number of quaternary nitrogens is 1. The van der Waals surface area contributed by atoms with Gasteiger partial charge in [-0.05, 0) is 6.92 Å². The molecule has 0 fully saturated rings. The van der Waals surface area contributed by atoms with Crippen LogP contribution in [0.4, 0.5) is 10.2 Å². The zero-order valence-electron chi connectivity index (χ0n) is 10.5. The molecule has 0 saturated carbocycles. The highest BCUT2D eigenvalue weighted by Crippen LogP contribution is 2.42. The van der Waals surface area contributed by atoms with Gasteiger partial charge in [0.2, 0.25) is 9.86 Å². The molecule has 0 aliphatic rings. The molecule has 0 spiro atoms. The number of benzene rings is 1. The van der Waals surface area contributed by atoms with Crippen molar-refractivity contribution >= 4 is 51.0 Å². The van der Waals surface area contributed by atoms with Gasteiger partial charge in [0.25, 0.3) is 0 Å². The highest BCUT2D eigenvalue weighted by Gasteiger charge is 2.52. The Morgan fingerprint density at radius 2 is 1.74 bits per heavy atom. The lowest BCUT2D eigenvalue weighted by Gasteiger charge is -2.24. The second kappa shape index (κ2) is 6.15. The normalized spacial score (nSPS) is 15.8. The molecular weight excluding hydrogens is 334 g/mol. The minimum absolute atomic E-state index is 0.0735. The molecule has 1 aromatic carbocycles. The third kappa shape index (κ3) is 3.53. The topological polar surface area (TPSA) is 37.4 Å². The summed E-state index contributed by atoms with van der Waals surface area (Å²) < 4.78 is 37.0. The van der Waals surface area contributed by atoms with Gasteiger partial charge >= 0.3 is 10.2 Å². The van der Waals surface area contributed by atoms with Gasteiger partial charge in [-0.25, -0.2) is 0 Å². The lowest BCUT2D eigenvalue weighted by Crippen LogP contribution is -2.47. The molecule has 19 heavy (non-hydrogen) atoms. The number of hydrogen-bond acceptors (Lipinski definition) is 3. The van der Waals surface area contributed by atoms with E-state index in [1.165, 1.54) is 26.2 Å². The first-order chi connectivity index (χ1) is 8.61. The van der Waals surface area contributed by atoms with Crippen LogP contribution >= 0.6 is 35.1 Å². The van der Waals surface area contributed by atoms with Crippen molar-refractivity contribution in [1.82, 2.24) is 7.82 Å². The van der Waals surface area contributed by atoms with E-state index in [0.717, 1.165) is 9.87 Å². The third-order valence-corrected chi connectivity index (χ3v) is 5.99. The first-order valence-electron chi connectivity index (χ1n) is 5.16. The van der Waals surface area contributed by atoms with E-state index in [-0.39, 0.29) is 17.6 Å². The summed E-state index contributed by atoms with van der Waals surface area (Å²) in [5.41, 5.74) is 0.812. The Balaban J connectivity index is 3.40. The molecular formula is C10H14Cl2FN2O2S2+. The van der Waals surface area contributed by atoms with Crippen LogP contribution in [-0.2, 0) is 10.2 Å². The average Bonchev–Trinajstić information content (AvgIpc) is 2.28. The van der Waals surface area contributed by atoms with Crippen molar-refractivity contribution in [2.45, 2.75) is 11.1 Å². The van der Waals surface area contributed by atoms with Gasteiger partial charge in [-0.3, -0.25) is 0 Å². The fourth-order valence-corrected chi connectivity index (χ4v) is 4.58. The second-order valence-corrected chi connectivity index (χ2v) is 9.10. The van der Waals surface area contributed by atoms with E-state index in [9.17, 15) is 8.42 Å². The van der Waals surface area contributed by atoms with E-state index in [4.69, 9.17) is 23.2 Å². The number of aryl methyl sites for hydroxylation is 1. The molecule has 0 amide bonds. The first-order valence-corrected chi connectivity index (χ1v) is 8.27. The number of alkyl halides is 2. The Labute approximate surface area is 126 Å². The van der Waals surface area contributed by atoms with Crippen LogP contribution in [-0.4, -0.2) is 31.0 Å². The number of halogens is 3. The summed E-state index contributed by atoms with van der Waals surface area (Å²) in [5.74, 6) is 0. The molecule has 0 N–H and O–H groups in total. The van der Waals surface area contributed by atoms with Crippen molar-refractivity contribution in [3.8, 4) is 0 Å². The summed E-state index contributed by atoms with van der Waals surface area (Å²) in [6, 6.07) is 6.01. The van der Waals surface area contributed by atoms with Crippen molar-refractivity contribution < 1.29 is 12.9 Å². The minimum atomic E-state index is -4.30. The van der Waals surface area contributed by atoms with Crippen LogP contribution in [0.5, 0.6) is 0 Å². The van der Waals surface area contributed by atoms with Gasteiger partial charge in [0.15, 0.2) is 11.9 Å². The molecule has 9 heteroatoms. The van der Waals surface area contributed by atoms with Crippen molar-refractivity contribution in [2.24, 2.45) is 0 Å². The van der Waals surface area contributed by atoms with Crippen molar-refractivity contribution in [2.75, 3.05) is 14.1 Å². The van der Waals surface area contributed by atoms with Crippen molar-refractivity contribution in [1.29, 1.82) is 0 Å². The van der Waals surface area contributed by atoms with Gasteiger partial charge in [-0.1, -0.05) is 40.9 Å². The first kappa shape index (κ1) is 17.0. The molecule has 0 heterocycles. The quantitative estimate of drug-likeness (QED) is 0.465. The molecule has 1 unspecified atom stereocenters. The van der Waals surface area contributed by atoms with E-state index >= 15 is 4.48 Å². The fraction of sp³-hybridized carbons (Fsp3) is 0.400.